The third-order valence-electron chi connectivity index (χ3n) is 2.21. The second kappa shape index (κ2) is 7.57. The van der Waals surface area contributed by atoms with Crippen LogP contribution >= 0.6 is 0 Å². The minimum absolute atomic E-state index is 0.385. The Morgan fingerprint density at radius 2 is 1.88 bits per heavy atom. The molecule has 0 amide bonds. The predicted molar refractivity (Wildman–Crippen MR) is 72.5 cm³/mol. The zero-order valence-corrected chi connectivity index (χ0v) is 10.5. The summed E-state index contributed by atoms with van der Waals surface area (Å²) in [4.78, 5) is 0. The minimum Gasteiger partial charge on any atom is -0.403 e. The van der Waals surface area contributed by atoms with Crippen LogP contribution in [0.2, 0.25) is 0 Å². The molecule has 2 heteroatoms. The number of hydrogen-bond donors (Lipinski definition) is 2. The Morgan fingerprint density at radius 3 is 2.25 bits per heavy atom. The lowest BCUT2D eigenvalue weighted by atomic mass is 9.99. The molecule has 88 valence electrons. The van der Waals surface area contributed by atoms with Gasteiger partial charge in [-0.2, -0.15) is 0 Å². The van der Waals surface area contributed by atoms with Crippen LogP contribution in [0.1, 0.15) is 20.8 Å². The molecule has 0 radical (unpaired) electrons. The third kappa shape index (κ3) is 4.69. The molecule has 2 nitrogen and oxygen atoms in total. The van der Waals surface area contributed by atoms with Gasteiger partial charge in [-0.05, 0) is 24.6 Å². The monoisotopic (exact) mass is 218 g/mol. The van der Waals surface area contributed by atoms with Crippen molar-refractivity contribution >= 4 is 0 Å². The first-order valence-corrected chi connectivity index (χ1v) is 5.37. The van der Waals surface area contributed by atoms with Crippen LogP contribution < -0.4 is 11.1 Å². The zero-order valence-electron chi connectivity index (χ0n) is 10.5. The van der Waals surface area contributed by atoms with E-state index in [1.54, 1.807) is 12.4 Å². The largest absolute Gasteiger partial charge is 0.403 e. The molecule has 0 spiro atoms. The molecule has 0 unspecified atom stereocenters. The van der Waals surface area contributed by atoms with Gasteiger partial charge < -0.3 is 11.1 Å². The van der Waals surface area contributed by atoms with Crippen LogP contribution in [0.4, 0.5) is 0 Å². The van der Waals surface area contributed by atoms with E-state index in [2.05, 4.69) is 38.4 Å². The maximum absolute atomic E-state index is 5.58. The fourth-order valence-electron chi connectivity index (χ4n) is 1.22. The van der Waals surface area contributed by atoms with Gasteiger partial charge in [0, 0.05) is 6.20 Å². The van der Waals surface area contributed by atoms with Crippen molar-refractivity contribution in [1.82, 2.24) is 5.32 Å². The molecule has 3 N–H and O–H groups in total. The maximum atomic E-state index is 5.58. The summed E-state index contributed by atoms with van der Waals surface area (Å²) in [7, 11) is 0. The molecule has 0 fully saturated rings. The molecule has 0 aromatic rings. The van der Waals surface area contributed by atoms with Gasteiger partial charge in [-0.25, -0.2) is 0 Å². The van der Waals surface area contributed by atoms with Gasteiger partial charge in [-0.3, -0.25) is 0 Å². The van der Waals surface area contributed by atoms with Gasteiger partial charge in [0.25, 0.3) is 0 Å². The van der Waals surface area contributed by atoms with E-state index in [1.165, 1.54) is 0 Å². The van der Waals surface area contributed by atoms with Crippen molar-refractivity contribution in [2.45, 2.75) is 20.8 Å². The summed E-state index contributed by atoms with van der Waals surface area (Å²) in [5.74, 6) is 0.385. The van der Waals surface area contributed by atoms with Gasteiger partial charge in [0.2, 0.25) is 0 Å². The summed E-state index contributed by atoms with van der Waals surface area (Å²) in [5, 5.41) is 3.03. The molecule has 0 aliphatic heterocycles. The summed E-state index contributed by atoms with van der Waals surface area (Å²) >= 11 is 0. The van der Waals surface area contributed by atoms with Crippen LogP contribution in [0, 0.1) is 5.92 Å². The van der Waals surface area contributed by atoms with Crippen LogP contribution in [0.25, 0.3) is 0 Å². The SMILES string of the molecule is C=CNC(=C\N)/C(=C/C=C(/C)C=C)C(C)C. The highest BCUT2D eigenvalue weighted by Gasteiger charge is 2.06. The standard InChI is InChI=1S/C14H22N2/c1-6-12(5)8-9-13(11(3)4)14(10-15)16-7-2/h6-11,16H,1-2,15H2,3-5H3/b12-8-,13-9+,14-10-. The van der Waals surface area contributed by atoms with E-state index in [-0.39, 0.29) is 0 Å². The molecule has 0 aliphatic rings. The maximum Gasteiger partial charge on any atom is 0.0572 e. The minimum atomic E-state index is 0.385. The lowest BCUT2D eigenvalue weighted by molar-refractivity contribution is 0.759. The Morgan fingerprint density at radius 1 is 1.25 bits per heavy atom. The van der Waals surface area contributed by atoms with E-state index in [0.717, 1.165) is 16.8 Å². The average molecular weight is 218 g/mol. The fraction of sp³-hybridized carbons (Fsp3) is 0.286. The first-order chi connectivity index (χ1) is 7.56. The van der Waals surface area contributed by atoms with Crippen LogP contribution in [-0.2, 0) is 0 Å². The van der Waals surface area contributed by atoms with Crippen molar-refractivity contribution < 1.29 is 0 Å². The topological polar surface area (TPSA) is 38.0 Å². The smallest absolute Gasteiger partial charge is 0.0572 e. The molecule has 0 saturated carbocycles. The quantitative estimate of drug-likeness (QED) is 0.672. The predicted octanol–water partition coefficient (Wildman–Crippen LogP) is 3.23. The Balaban J connectivity index is 5.14. The first kappa shape index (κ1) is 14.3. The second-order valence-electron chi connectivity index (χ2n) is 3.82. The number of rotatable bonds is 6. The lowest BCUT2D eigenvalue weighted by Gasteiger charge is -2.14. The van der Waals surface area contributed by atoms with E-state index in [9.17, 15) is 0 Å². The highest BCUT2D eigenvalue weighted by molar-refractivity contribution is 5.36. The van der Waals surface area contributed by atoms with Crippen molar-refractivity contribution in [2.75, 3.05) is 0 Å². The normalized spacial score (nSPS) is 13.9. The van der Waals surface area contributed by atoms with Crippen molar-refractivity contribution in [2.24, 2.45) is 11.7 Å². The Bertz CT molecular complexity index is 331. The summed E-state index contributed by atoms with van der Waals surface area (Å²) in [5.41, 5.74) is 8.73. The van der Waals surface area contributed by atoms with Crippen LogP contribution in [0.5, 0.6) is 0 Å². The summed E-state index contributed by atoms with van der Waals surface area (Å²) in [6.07, 6.45) is 9.08. The Kier molecular flexibility index (Phi) is 6.77. The van der Waals surface area contributed by atoms with Gasteiger partial charge in [0.15, 0.2) is 0 Å². The van der Waals surface area contributed by atoms with Crippen molar-refractivity contribution in [3.8, 4) is 0 Å². The van der Waals surface area contributed by atoms with Gasteiger partial charge in [0.05, 0.1) is 5.70 Å². The van der Waals surface area contributed by atoms with Crippen molar-refractivity contribution in [1.29, 1.82) is 0 Å². The third-order valence-corrected chi connectivity index (χ3v) is 2.21. The summed E-state index contributed by atoms with van der Waals surface area (Å²) in [6.45, 7) is 13.6. The zero-order chi connectivity index (χ0) is 12.6. The van der Waals surface area contributed by atoms with E-state index in [1.807, 2.05) is 19.1 Å². The van der Waals surface area contributed by atoms with Crippen LogP contribution in [-0.4, -0.2) is 0 Å². The molecule has 0 heterocycles. The highest BCUT2D eigenvalue weighted by Crippen LogP contribution is 2.17. The molecule has 0 atom stereocenters. The molecular weight excluding hydrogens is 196 g/mol. The lowest BCUT2D eigenvalue weighted by Crippen LogP contribution is -2.12. The number of nitrogens with two attached hydrogens (primary N) is 1. The second-order valence-corrected chi connectivity index (χ2v) is 3.82. The molecule has 0 bridgehead atoms. The molecular formula is C14H22N2. The van der Waals surface area contributed by atoms with Gasteiger partial charge in [0.1, 0.15) is 0 Å². The van der Waals surface area contributed by atoms with E-state index >= 15 is 0 Å². The number of hydrogen-bond acceptors (Lipinski definition) is 2. The van der Waals surface area contributed by atoms with E-state index in [0.29, 0.717) is 5.92 Å². The molecule has 0 rings (SSSR count). The van der Waals surface area contributed by atoms with Crippen LogP contribution in [0.15, 0.2) is 60.6 Å². The summed E-state index contributed by atoms with van der Waals surface area (Å²) in [6, 6.07) is 0. The Hall–Kier alpha value is -1.70. The van der Waals surface area contributed by atoms with E-state index in [4.69, 9.17) is 5.73 Å². The molecule has 0 aliphatic carbocycles. The summed E-state index contributed by atoms with van der Waals surface area (Å²) < 4.78 is 0. The van der Waals surface area contributed by atoms with Crippen LogP contribution in [0.3, 0.4) is 0 Å². The number of allylic oxidation sites excluding steroid dienone is 5. The molecule has 0 saturated heterocycles. The molecule has 0 aromatic carbocycles. The number of nitrogens with one attached hydrogen (secondary N) is 1. The molecule has 0 aromatic heterocycles. The van der Waals surface area contributed by atoms with Crippen molar-refractivity contribution in [3.63, 3.8) is 0 Å². The first-order valence-electron chi connectivity index (χ1n) is 5.37. The van der Waals surface area contributed by atoms with Gasteiger partial charge in [-0.15, -0.1) is 0 Å². The fourth-order valence-corrected chi connectivity index (χ4v) is 1.22. The average Bonchev–Trinajstić information content (AvgIpc) is 2.26. The highest BCUT2D eigenvalue weighted by atomic mass is 14.9. The van der Waals surface area contributed by atoms with E-state index < -0.39 is 0 Å². The van der Waals surface area contributed by atoms with Crippen molar-refractivity contribution in [3.05, 3.63) is 60.6 Å². The molecule has 16 heavy (non-hydrogen) atoms. The Labute approximate surface area is 98.9 Å². The van der Waals surface area contributed by atoms with Gasteiger partial charge >= 0.3 is 0 Å². The van der Waals surface area contributed by atoms with Gasteiger partial charge in [-0.1, -0.05) is 50.8 Å².